The van der Waals surface area contributed by atoms with Crippen molar-refractivity contribution < 1.29 is 29.6 Å². The lowest BCUT2D eigenvalue weighted by molar-refractivity contribution is -0.121. The van der Waals surface area contributed by atoms with Crippen molar-refractivity contribution >= 4 is 11.9 Å². The van der Waals surface area contributed by atoms with E-state index < -0.39 is 30.5 Å². The van der Waals surface area contributed by atoms with Crippen molar-refractivity contribution in [1.82, 2.24) is 0 Å². The molecule has 1 aromatic carbocycles. The van der Waals surface area contributed by atoms with Crippen molar-refractivity contribution in [2.45, 2.75) is 18.6 Å². The first-order chi connectivity index (χ1) is 8.86. The highest BCUT2D eigenvalue weighted by Gasteiger charge is 2.25. The van der Waals surface area contributed by atoms with Gasteiger partial charge in [-0.3, -0.25) is 4.79 Å². The Labute approximate surface area is 109 Å². The van der Waals surface area contributed by atoms with Gasteiger partial charge in [-0.2, -0.15) is 0 Å². The number of amides is 1. The van der Waals surface area contributed by atoms with Crippen LogP contribution >= 0.6 is 0 Å². The normalized spacial score (nSPS) is 13.6. The van der Waals surface area contributed by atoms with E-state index in [0.717, 1.165) is 0 Å². The number of carboxylic acid groups (broad SMARTS) is 1. The molecule has 0 heterocycles. The summed E-state index contributed by atoms with van der Waals surface area (Å²) in [6, 6.07) is 3.98. The van der Waals surface area contributed by atoms with Gasteiger partial charge in [0.1, 0.15) is 11.9 Å². The van der Waals surface area contributed by atoms with Gasteiger partial charge in [-0.05, 0) is 17.7 Å². The Bertz CT molecular complexity index is 487. The third kappa shape index (κ3) is 3.67. The lowest BCUT2D eigenvalue weighted by atomic mass is 9.96. The second kappa shape index (κ2) is 6.17. The van der Waals surface area contributed by atoms with Crippen LogP contribution in [0.1, 0.15) is 28.4 Å². The van der Waals surface area contributed by atoms with Gasteiger partial charge in [0, 0.05) is 0 Å². The zero-order chi connectivity index (χ0) is 14.6. The summed E-state index contributed by atoms with van der Waals surface area (Å²) >= 11 is 0. The molecular formula is C12H15NO6. The molecule has 19 heavy (non-hydrogen) atoms. The van der Waals surface area contributed by atoms with E-state index in [9.17, 15) is 19.8 Å². The minimum atomic E-state index is -1.52. The van der Waals surface area contributed by atoms with Crippen LogP contribution in [0.15, 0.2) is 18.2 Å². The number of carbonyl (C=O) groups excluding carboxylic acids is 1. The van der Waals surface area contributed by atoms with Gasteiger partial charge in [-0.1, -0.05) is 6.07 Å². The molecule has 7 nitrogen and oxygen atoms in total. The van der Waals surface area contributed by atoms with E-state index in [1.807, 2.05) is 0 Å². The number of hydrogen-bond acceptors (Lipinski definition) is 5. The Morgan fingerprint density at radius 1 is 1.37 bits per heavy atom. The number of primary amides is 1. The van der Waals surface area contributed by atoms with Crippen LogP contribution in [0.4, 0.5) is 0 Å². The number of rotatable bonds is 6. The maximum Gasteiger partial charge on any atom is 0.336 e. The van der Waals surface area contributed by atoms with Gasteiger partial charge in [0.2, 0.25) is 5.91 Å². The molecule has 0 radical (unpaired) electrons. The summed E-state index contributed by atoms with van der Waals surface area (Å²) in [4.78, 5) is 21.8. The van der Waals surface area contributed by atoms with E-state index in [-0.39, 0.29) is 11.1 Å². The fourth-order valence-electron chi connectivity index (χ4n) is 1.63. The SMILES string of the molecule is COc1ccc(C(O)C(O)CC(N)=O)c(C(=O)O)c1. The summed E-state index contributed by atoms with van der Waals surface area (Å²) in [5.74, 6) is -1.77. The highest BCUT2D eigenvalue weighted by Crippen LogP contribution is 2.26. The quantitative estimate of drug-likeness (QED) is 0.559. The minimum Gasteiger partial charge on any atom is -0.497 e. The van der Waals surface area contributed by atoms with Gasteiger partial charge < -0.3 is 25.8 Å². The molecule has 0 aromatic heterocycles. The van der Waals surface area contributed by atoms with Crippen LogP contribution in [0, 0.1) is 0 Å². The fourth-order valence-corrected chi connectivity index (χ4v) is 1.63. The van der Waals surface area contributed by atoms with E-state index in [0.29, 0.717) is 5.75 Å². The van der Waals surface area contributed by atoms with Crippen LogP contribution < -0.4 is 10.5 Å². The molecule has 2 atom stereocenters. The first-order valence-electron chi connectivity index (χ1n) is 5.42. The summed E-state index contributed by atoms with van der Waals surface area (Å²) in [6.07, 6.45) is -3.46. The minimum absolute atomic E-state index is 0.0120. The molecule has 0 spiro atoms. The molecule has 1 rings (SSSR count). The molecule has 1 amide bonds. The summed E-state index contributed by atoms with van der Waals surface area (Å²) in [5, 5.41) is 28.5. The Hall–Kier alpha value is -2.12. The largest absolute Gasteiger partial charge is 0.497 e. The van der Waals surface area contributed by atoms with Crippen molar-refractivity contribution in [3.05, 3.63) is 29.3 Å². The molecule has 5 N–H and O–H groups in total. The molecule has 0 fully saturated rings. The first-order valence-corrected chi connectivity index (χ1v) is 5.42. The molecule has 1 aromatic rings. The Kier molecular flexibility index (Phi) is 4.85. The van der Waals surface area contributed by atoms with Gasteiger partial charge >= 0.3 is 5.97 Å². The van der Waals surface area contributed by atoms with E-state index in [1.165, 1.54) is 25.3 Å². The highest BCUT2D eigenvalue weighted by atomic mass is 16.5. The number of methoxy groups -OCH3 is 1. The number of aliphatic hydroxyl groups is 2. The molecule has 2 unspecified atom stereocenters. The summed E-state index contributed by atoms with van der Waals surface area (Å²) < 4.78 is 4.88. The third-order valence-electron chi connectivity index (χ3n) is 2.58. The number of nitrogens with two attached hydrogens (primary N) is 1. The molecule has 104 valence electrons. The van der Waals surface area contributed by atoms with Crippen molar-refractivity contribution in [3.8, 4) is 5.75 Å². The van der Waals surface area contributed by atoms with Crippen molar-refractivity contribution in [3.63, 3.8) is 0 Å². The summed E-state index contributed by atoms with van der Waals surface area (Å²) in [5.41, 5.74) is 4.68. The monoisotopic (exact) mass is 269 g/mol. The number of aromatic carboxylic acids is 1. The number of carboxylic acids is 1. The van der Waals surface area contributed by atoms with E-state index in [2.05, 4.69) is 0 Å². The molecule has 0 saturated carbocycles. The maximum absolute atomic E-state index is 11.1. The predicted octanol–water partition coefficient (Wildman–Crippen LogP) is -0.337. The second-order valence-corrected chi connectivity index (χ2v) is 3.94. The Morgan fingerprint density at radius 3 is 2.47 bits per heavy atom. The maximum atomic E-state index is 11.1. The fraction of sp³-hybridized carbons (Fsp3) is 0.333. The van der Waals surface area contributed by atoms with Crippen LogP contribution in [0.25, 0.3) is 0 Å². The zero-order valence-electron chi connectivity index (χ0n) is 10.2. The molecule has 7 heteroatoms. The van der Waals surface area contributed by atoms with Gasteiger partial charge in [-0.15, -0.1) is 0 Å². The molecule has 0 bridgehead atoms. The molecule has 0 saturated heterocycles. The number of ether oxygens (including phenoxy) is 1. The number of aliphatic hydroxyl groups excluding tert-OH is 2. The first kappa shape index (κ1) is 14.9. The Balaban J connectivity index is 3.11. The van der Waals surface area contributed by atoms with Crippen molar-refractivity contribution in [2.24, 2.45) is 5.73 Å². The lowest BCUT2D eigenvalue weighted by Crippen LogP contribution is -2.26. The molecule has 0 aliphatic rings. The van der Waals surface area contributed by atoms with Crippen LogP contribution in [0.5, 0.6) is 5.75 Å². The van der Waals surface area contributed by atoms with Crippen LogP contribution in [-0.4, -0.2) is 40.4 Å². The average molecular weight is 269 g/mol. The standard InChI is InChI=1S/C12H15NO6/c1-19-6-2-3-7(8(4-6)12(17)18)11(16)9(14)5-10(13)15/h2-4,9,11,14,16H,5H2,1H3,(H2,13,15)(H,17,18). The zero-order valence-corrected chi connectivity index (χ0v) is 10.2. The Morgan fingerprint density at radius 2 is 2.00 bits per heavy atom. The van der Waals surface area contributed by atoms with Gasteiger partial charge in [0.15, 0.2) is 0 Å². The van der Waals surface area contributed by atoms with Crippen molar-refractivity contribution in [1.29, 1.82) is 0 Å². The van der Waals surface area contributed by atoms with E-state index >= 15 is 0 Å². The highest BCUT2D eigenvalue weighted by molar-refractivity contribution is 5.90. The predicted molar refractivity (Wildman–Crippen MR) is 64.7 cm³/mol. The summed E-state index contributed by atoms with van der Waals surface area (Å²) in [7, 11) is 1.37. The number of carbonyl (C=O) groups is 2. The van der Waals surface area contributed by atoms with Crippen LogP contribution in [-0.2, 0) is 4.79 Å². The second-order valence-electron chi connectivity index (χ2n) is 3.94. The summed E-state index contributed by atoms with van der Waals surface area (Å²) in [6.45, 7) is 0. The molecule has 0 aliphatic heterocycles. The van der Waals surface area contributed by atoms with E-state index in [4.69, 9.17) is 15.6 Å². The number of benzene rings is 1. The lowest BCUT2D eigenvalue weighted by Gasteiger charge is -2.19. The average Bonchev–Trinajstić information content (AvgIpc) is 2.36. The topological polar surface area (TPSA) is 130 Å². The number of hydrogen-bond donors (Lipinski definition) is 4. The molecule has 0 aliphatic carbocycles. The molecular weight excluding hydrogens is 254 g/mol. The van der Waals surface area contributed by atoms with Crippen molar-refractivity contribution in [2.75, 3.05) is 7.11 Å². The van der Waals surface area contributed by atoms with E-state index in [1.54, 1.807) is 0 Å². The van der Waals surface area contributed by atoms with Gasteiger partial charge in [-0.25, -0.2) is 4.79 Å². The van der Waals surface area contributed by atoms with Gasteiger partial charge in [0.25, 0.3) is 0 Å². The third-order valence-corrected chi connectivity index (χ3v) is 2.58. The van der Waals surface area contributed by atoms with Gasteiger partial charge in [0.05, 0.1) is 25.2 Å². The van der Waals surface area contributed by atoms with Crippen LogP contribution in [0.2, 0.25) is 0 Å². The smallest absolute Gasteiger partial charge is 0.336 e. The van der Waals surface area contributed by atoms with Crippen LogP contribution in [0.3, 0.4) is 0 Å².